The first-order chi connectivity index (χ1) is 6.31. The van der Waals surface area contributed by atoms with E-state index in [1.165, 1.54) is 0 Å². The van der Waals surface area contributed by atoms with Gasteiger partial charge >= 0.3 is 0 Å². The molecule has 0 bridgehead atoms. The summed E-state index contributed by atoms with van der Waals surface area (Å²) < 4.78 is 26.8. The quantitative estimate of drug-likeness (QED) is 0.730. The summed E-state index contributed by atoms with van der Waals surface area (Å²) in [5, 5.41) is 3.05. The van der Waals surface area contributed by atoms with Crippen molar-refractivity contribution in [3.63, 3.8) is 0 Å². The van der Waals surface area contributed by atoms with Crippen molar-refractivity contribution in [1.29, 1.82) is 0 Å². The van der Waals surface area contributed by atoms with Crippen LogP contribution in [0.2, 0.25) is 0 Å². The van der Waals surface area contributed by atoms with E-state index < -0.39 is 11.8 Å². The maximum Gasteiger partial charge on any atom is 0.253 e. The molecule has 1 rings (SSSR count). The third-order valence-corrected chi connectivity index (χ3v) is 2.87. The lowest BCUT2D eigenvalue weighted by atomic mass is 9.83. The second-order valence-corrected chi connectivity index (χ2v) is 5.51. The van der Waals surface area contributed by atoms with E-state index in [1.54, 1.807) is 0 Å². The topological polar surface area (TPSA) is 12.0 Å². The number of hydrogen-bond donors (Lipinski definition) is 1. The average molecular weight is 205 g/mol. The lowest BCUT2D eigenvalue weighted by Gasteiger charge is -2.33. The van der Waals surface area contributed by atoms with Gasteiger partial charge in [-0.15, -0.1) is 0 Å². The minimum absolute atomic E-state index is 0.00180. The molecule has 0 aromatic heterocycles. The first-order valence-electron chi connectivity index (χ1n) is 5.40. The van der Waals surface area contributed by atoms with Crippen molar-refractivity contribution in [2.45, 2.75) is 46.0 Å². The first kappa shape index (κ1) is 11.9. The van der Waals surface area contributed by atoms with E-state index >= 15 is 0 Å². The Morgan fingerprint density at radius 3 is 2.50 bits per heavy atom. The predicted molar refractivity (Wildman–Crippen MR) is 54.6 cm³/mol. The van der Waals surface area contributed by atoms with Crippen molar-refractivity contribution in [3.05, 3.63) is 0 Å². The summed E-state index contributed by atoms with van der Waals surface area (Å²) in [5.41, 5.74) is 0.160. The number of halogens is 2. The van der Waals surface area contributed by atoms with Gasteiger partial charge in [-0.3, -0.25) is 0 Å². The Morgan fingerprint density at radius 2 is 2.00 bits per heavy atom. The molecular formula is C11H21F2N. The van der Waals surface area contributed by atoms with E-state index in [2.05, 4.69) is 26.1 Å². The summed E-state index contributed by atoms with van der Waals surface area (Å²) in [5.74, 6) is -2.91. The third kappa shape index (κ3) is 3.52. The Kier molecular flexibility index (Phi) is 3.51. The molecule has 0 spiro atoms. The van der Waals surface area contributed by atoms with Crippen LogP contribution in [0.4, 0.5) is 8.78 Å². The molecule has 1 saturated heterocycles. The Morgan fingerprint density at radius 1 is 1.36 bits per heavy atom. The van der Waals surface area contributed by atoms with E-state index in [1.807, 2.05) is 0 Å². The molecule has 0 aromatic carbocycles. The molecule has 1 unspecified atom stereocenters. The van der Waals surface area contributed by atoms with Gasteiger partial charge in [-0.1, -0.05) is 20.8 Å². The van der Waals surface area contributed by atoms with E-state index in [0.29, 0.717) is 19.5 Å². The van der Waals surface area contributed by atoms with Crippen LogP contribution < -0.4 is 5.32 Å². The van der Waals surface area contributed by atoms with E-state index in [9.17, 15) is 8.78 Å². The molecule has 1 fully saturated rings. The van der Waals surface area contributed by atoms with Crippen LogP contribution in [-0.2, 0) is 0 Å². The summed E-state index contributed by atoms with van der Waals surface area (Å²) in [6, 6.07) is 0. The number of alkyl halides is 2. The van der Waals surface area contributed by atoms with E-state index in [-0.39, 0.29) is 11.8 Å². The highest BCUT2D eigenvalue weighted by Crippen LogP contribution is 2.35. The van der Waals surface area contributed by atoms with Crippen molar-refractivity contribution in [2.75, 3.05) is 13.1 Å². The molecular weight excluding hydrogens is 184 g/mol. The van der Waals surface area contributed by atoms with Crippen molar-refractivity contribution in [3.8, 4) is 0 Å². The maximum atomic E-state index is 13.4. The van der Waals surface area contributed by atoms with Crippen molar-refractivity contribution in [2.24, 2.45) is 11.3 Å². The minimum Gasteiger partial charge on any atom is -0.316 e. The maximum absolute atomic E-state index is 13.4. The summed E-state index contributed by atoms with van der Waals surface area (Å²) in [4.78, 5) is 0. The van der Waals surface area contributed by atoms with Gasteiger partial charge in [0.25, 0.3) is 5.92 Å². The van der Waals surface area contributed by atoms with Gasteiger partial charge in [0.15, 0.2) is 0 Å². The van der Waals surface area contributed by atoms with Crippen LogP contribution in [-0.4, -0.2) is 19.0 Å². The molecule has 0 aliphatic carbocycles. The summed E-state index contributed by atoms with van der Waals surface area (Å²) >= 11 is 0. The zero-order valence-corrected chi connectivity index (χ0v) is 9.37. The normalized spacial score (nSPS) is 27.6. The zero-order chi connectivity index (χ0) is 10.8. The smallest absolute Gasteiger partial charge is 0.253 e. The van der Waals surface area contributed by atoms with Gasteiger partial charge in [-0.05, 0) is 18.3 Å². The number of hydrogen-bond acceptors (Lipinski definition) is 1. The highest BCUT2D eigenvalue weighted by atomic mass is 19.3. The van der Waals surface area contributed by atoms with E-state index in [4.69, 9.17) is 0 Å². The van der Waals surface area contributed by atoms with Crippen LogP contribution in [0, 0.1) is 11.3 Å². The first-order valence-corrected chi connectivity index (χ1v) is 5.40. The van der Waals surface area contributed by atoms with Crippen LogP contribution >= 0.6 is 0 Å². The van der Waals surface area contributed by atoms with Gasteiger partial charge in [0.1, 0.15) is 0 Å². The molecule has 1 aliphatic heterocycles. The second kappa shape index (κ2) is 4.13. The average Bonchev–Trinajstić information content (AvgIpc) is 2.00. The van der Waals surface area contributed by atoms with Crippen LogP contribution in [0.1, 0.15) is 40.0 Å². The monoisotopic (exact) mass is 205 g/mol. The SMILES string of the molecule is CC(C)(C)CCC1CNCCC1(F)F. The van der Waals surface area contributed by atoms with Gasteiger partial charge < -0.3 is 5.32 Å². The lowest BCUT2D eigenvalue weighted by Crippen LogP contribution is -2.44. The third-order valence-electron chi connectivity index (χ3n) is 2.87. The summed E-state index contributed by atoms with van der Waals surface area (Å²) in [6.07, 6.45) is 1.50. The van der Waals surface area contributed by atoms with E-state index in [0.717, 1.165) is 6.42 Å². The van der Waals surface area contributed by atoms with Gasteiger partial charge in [0.05, 0.1) is 0 Å². The summed E-state index contributed by atoms with van der Waals surface area (Å²) in [7, 11) is 0. The molecule has 3 heteroatoms. The molecule has 0 aromatic rings. The zero-order valence-electron chi connectivity index (χ0n) is 9.37. The minimum atomic E-state index is -2.45. The molecule has 0 radical (unpaired) electrons. The summed E-state index contributed by atoms with van der Waals surface area (Å²) in [6.45, 7) is 7.23. The number of piperidine rings is 1. The molecule has 0 amide bonds. The molecule has 1 N–H and O–H groups in total. The molecule has 1 nitrogen and oxygen atoms in total. The molecule has 0 saturated carbocycles. The lowest BCUT2D eigenvalue weighted by molar-refractivity contribution is -0.0831. The van der Waals surface area contributed by atoms with Crippen LogP contribution in [0.5, 0.6) is 0 Å². The highest BCUT2D eigenvalue weighted by Gasteiger charge is 2.41. The molecule has 14 heavy (non-hydrogen) atoms. The Bertz CT molecular complexity index is 184. The Balaban J connectivity index is 2.42. The fourth-order valence-electron chi connectivity index (χ4n) is 1.81. The number of nitrogens with one attached hydrogen (secondary N) is 1. The van der Waals surface area contributed by atoms with Gasteiger partial charge in [0.2, 0.25) is 0 Å². The highest BCUT2D eigenvalue weighted by molar-refractivity contribution is 4.85. The van der Waals surface area contributed by atoms with Crippen molar-refractivity contribution < 1.29 is 8.78 Å². The molecule has 1 atom stereocenters. The van der Waals surface area contributed by atoms with Crippen LogP contribution in [0.3, 0.4) is 0 Å². The fourth-order valence-corrected chi connectivity index (χ4v) is 1.81. The van der Waals surface area contributed by atoms with Crippen molar-refractivity contribution in [1.82, 2.24) is 5.32 Å². The van der Waals surface area contributed by atoms with Crippen LogP contribution in [0.15, 0.2) is 0 Å². The predicted octanol–water partition coefficient (Wildman–Crippen LogP) is 3.06. The Hall–Kier alpha value is -0.180. The molecule has 84 valence electrons. The molecule has 1 aliphatic rings. The fraction of sp³-hybridized carbons (Fsp3) is 1.00. The molecule has 1 heterocycles. The van der Waals surface area contributed by atoms with Crippen molar-refractivity contribution >= 4 is 0 Å². The van der Waals surface area contributed by atoms with Gasteiger partial charge in [0, 0.05) is 25.4 Å². The Labute approximate surface area is 85.3 Å². The standard InChI is InChI=1S/C11H21F2N/c1-10(2,3)5-4-9-8-14-7-6-11(9,12)13/h9,14H,4-8H2,1-3H3. The van der Waals surface area contributed by atoms with Gasteiger partial charge in [-0.2, -0.15) is 0 Å². The van der Waals surface area contributed by atoms with Gasteiger partial charge in [-0.25, -0.2) is 8.78 Å². The number of rotatable bonds is 2. The second-order valence-electron chi connectivity index (χ2n) is 5.51. The largest absolute Gasteiger partial charge is 0.316 e. The van der Waals surface area contributed by atoms with Crippen LogP contribution in [0.25, 0.3) is 0 Å².